The fourth-order valence-electron chi connectivity index (χ4n) is 4.27. The second kappa shape index (κ2) is 10.5. The number of ether oxygens (including phenoxy) is 1. The Bertz CT molecular complexity index is 940. The number of likely N-dealkylation sites (tertiary alicyclic amines) is 1. The summed E-state index contributed by atoms with van der Waals surface area (Å²) in [5.41, 5.74) is 1.20. The summed E-state index contributed by atoms with van der Waals surface area (Å²) in [6.45, 7) is 4.14. The molecule has 2 fully saturated rings. The summed E-state index contributed by atoms with van der Waals surface area (Å²) in [7, 11) is 0. The predicted molar refractivity (Wildman–Crippen MR) is 119 cm³/mol. The monoisotopic (exact) mass is 440 g/mol. The average molecular weight is 441 g/mol. The molecule has 1 aromatic heterocycles. The molecule has 0 saturated carbocycles. The number of pyridine rings is 1. The van der Waals surface area contributed by atoms with Gasteiger partial charge in [-0.3, -0.25) is 9.59 Å². The van der Waals surface area contributed by atoms with Crippen LogP contribution in [0, 0.1) is 11.7 Å². The van der Waals surface area contributed by atoms with Crippen molar-refractivity contribution in [2.75, 3.05) is 50.8 Å². The Morgan fingerprint density at radius 1 is 1.06 bits per heavy atom. The van der Waals surface area contributed by atoms with Gasteiger partial charge in [-0.25, -0.2) is 9.37 Å². The molecular weight excluding hydrogens is 411 g/mol. The van der Waals surface area contributed by atoms with E-state index in [2.05, 4.69) is 15.2 Å². The molecule has 7 nitrogen and oxygen atoms in total. The third-order valence-electron chi connectivity index (χ3n) is 6.13. The van der Waals surface area contributed by atoms with Gasteiger partial charge in [-0.2, -0.15) is 0 Å². The second-order valence-corrected chi connectivity index (χ2v) is 8.17. The number of carbonyl (C=O) groups excluding carboxylic acids is 2. The molecule has 0 spiro atoms. The normalized spacial score (nSPS) is 17.3. The molecule has 4 rings (SSSR count). The minimum absolute atomic E-state index is 0.0242. The number of rotatable bonds is 6. The average Bonchev–Trinajstić information content (AvgIpc) is 2.85. The van der Waals surface area contributed by atoms with Gasteiger partial charge in [0.1, 0.15) is 11.6 Å². The number of anilines is 1. The molecule has 0 unspecified atom stereocenters. The van der Waals surface area contributed by atoms with Crippen molar-refractivity contribution < 1.29 is 18.7 Å². The van der Waals surface area contributed by atoms with Gasteiger partial charge >= 0.3 is 0 Å². The molecule has 2 saturated heterocycles. The van der Waals surface area contributed by atoms with E-state index >= 15 is 0 Å². The molecule has 0 radical (unpaired) electrons. The lowest BCUT2D eigenvalue weighted by Crippen LogP contribution is -2.44. The zero-order valence-electron chi connectivity index (χ0n) is 18.1. The van der Waals surface area contributed by atoms with E-state index < -0.39 is 0 Å². The lowest BCUT2D eigenvalue weighted by molar-refractivity contribution is -0.126. The van der Waals surface area contributed by atoms with Crippen molar-refractivity contribution in [2.45, 2.75) is 19.3 Å². The summed E-state index contributed by atoms with van der Waals surface area (Å²) in [6, 6.07) is 10.2. The number of amides is 2. The number of carbonyl (C=O) groups is 2. The Kier molecular flexibility index (Phi) is 7.32. The van der Waals surface area contributed by atoms with Crippen LogP contribution in [0.1, 0.15) is 28.8 Å². The van der Waals surface area contributed by atoms with Crippen LogP contribution in [-0.2, 0) is 16.0 Å². The van der Waals surface area contributed by atoms with Crippen LogP contribution in [0.25, 0.3) is 0 Å². The second-order valence-electron chi connectivity index (χ2n) is 8.17. The fraction of sp³-hybridized carbons (Fsp3) is 0.458. The van der Waals surface area contributed by atoms with Crippen molar-refractivity contribution in [3.8, 4) is 0 Å². The van der Waals surface area contributed by atoms with E-state index in [4.69, 9.17) is 4.74 Å². The lowest BCUT2D eigenvalue weighted by atomic mass is 9.95. The number of benzene rings is 1. The highest BCUT2D eigenvalue weighted by molar-refractivity contribution is 5.99. The van der Waals surface area contributed by atoms with Crippen molar-refractivity contribution in [1.29, 1.82) is 0 Å². The first-order valence-electron chi connectivity index (χ1n) is 11.2. The molecule has 2 aromatic rings. The summed E-state index contributed by atoms with van der Waals surface area (Å²) >= 11 is 0. The maximum Gasteiger partial charge on any atom is 0.257 e. The van der Waals surface area contributed by atoms with Crippen LogP contribution >= 0.6 is 0 Å². The number of piperidine rings is 1. The molecule has 1 N–H and O–H groups in total. The van der Waals surface area contributed by atoms with Crippen LogP contribution < -0.4 is 10.2 Å². The van der Waals surface area contributed by atoms with Gasteiger partial charge < -0.3 is 19.9 Å². The van der Waals surface area contributed by atoms with Gasteiger partial charge in [-0.15, -0.1) is 0 Å². The minimum atomic E-state index is -0.250. The highest BCUT2D eigenvalue weighted by atomic mass is 19.1. The Hall–Kier alpha value is -3.00. The first-order valence-corrected chi connectivity index (χ1v) is 11.2. The minimum Gasteiger partial charge on any atom is -0.378 e. The van der Waals surface area contributed by atoms with E-state index in [9.17, 15) is 14.0 Å². The van der Waals surface area contributed by atoms with Crippen molar-refractivity contribution in [2.24, 2.45) is 5.92 Å². The first kappa shape index (κ1) is 22.2. The van der Waals surface area contributed by atoms with E-state index in [0.717, 1.165) is 0 Å². The van der Waals surface area contributed by atoms with E-state index in [0.29, 0.717) is 82.1 Å². The van der Waals surface area contributed by atoms with Crippen LogP contribution in [0.2, 0.25) is 0 Å². The van der Waals surface area contributed by atoms with Gasteiger partial charge in [0.05, 0.1) is 18.8 Å². The number of halogens is 1. The van der Waals surface area contributed by atoms with Crippen LogP contribution in [0.4, 0.5) is 10.2 Å². The Labute approximate surface area is 187 Å². The molecule has 1 aromatic carbocycles. The van der Waals surface area contributed by atoms with Gasteiger partial charge in [0.25, 0.3) is 5.91 Å². The maximum atomic E-state index is 13.7. The van der Waals surface area contributed by atoms with Gasteiger partial charge in [0, 0.05) is 44.8 Å². The summed E-state index contributed by atoms with van der Waals surface area (Å²) in [6.07, 6.45) is 3.40. The van der Waals surface area contributed by atoms with Crippen molar-refractivity contribution >= 4 is 17.6 Å². The number of morpholine rings is 1. The van der Waals surface area contributed by atoms with Crippen molar-refractivity contribution in [3.05, 3.63) is 59.5 Å². The molecule has 8 heteroatoms. The molecular formula is C24H29FN4O3. The number of aromatic nitrogens is 1. The molecule has 32 heavy (non-hydrogen) atoms. The topological polar surface area (TPSA) is 74.8 Å². The van der Waals surface area contributed by atoms with Gasteiger partial charge in [0.2, 0.25) is 5.91 Å². The number of nitrogens with zero attached hydrogens (tertiary/aromatic N) is 3. The maximum absolute atomic E-state index is 13.7. The highest BCUT2D eigenvalue weighted by Gasteiger charge is 2.30. The van der Waals surface area contributed by atoms with E-state index in [1.54, 1.807) is 30.5 Å². The highest BCUT2D eigenvalue weighted by Crippen LogP contribution is 2.24. The summed E-state index contributed by atoms with van der Waals surface area (Å²) in [5.74, 6) is 0.253. The molecule has 170 valence electrons. The molecule has 0 aliphatic carbocycles. The summed E-state index contributed by atoms with van der Waals surface area (Å²) in [5, 5.41) is 2.92. The number of nitrogens with one attached hydrogen (secondary N) is 1. The Morgan fingerprint density at radius 2 is 1.81 bits per heavy atom. The molecule has 0 bridgehead atoms. The van der Waals surface area contributed by atoms with Crippen LogP contribution in [-0.4, -0.2) is 67.6 Å². The zero-order valence-corrected chi connectivity index (χ0v) is 18.1. The van der Waals surface area contributed by atoms with Crippen LogP contribution in [0.15, 0.2) is 42.6 Å². The number of hydrogen-bond donors (Lipinski definition) is 1. The SMILES string of the molecule is O=C(NCCc1ccccc1F)C1CCN(C(=O)c2cccnc2N2CCOCC2)CC1. The smallest absolute Gasteiger partial charge is 0.257 e. The lowest BCUT2D eigenvalue weighted by Gasteiger charge is -2.33. The molecule has 2 aliphatic heterocycles. The van der Waals surface area contributed by atoms with E-state index in [1.807, 2.05) is 11.0 Å². The van der Waals surface area contributed by atoms with Crippen LogP contribution in [0.5, 0.6) is 0 Å². The third kappa shape index (κ3) is 5.24. The molecule has 0 atom stereocenters. The van der Waals surface area contributed by atoms with E-state index in [-0.39, 0.29) is 23.5 Å². The fourth-order valence-corrected chi connectivity index (χ4v) is 4.27. The zero-order chi connectivity index (χ0) is 22.3. The van der Waals surface area contributed by atoms with Crippen LogP contribution in [0.3, 0.4) is 0 Å². The molecule has 2 amide bonds. The molecule has 3 heterocycles. The van der Waals surface area contributed by atoms with Gasteiger partial charge in [-0.05, 0) is 43.0 Å². The third-order valence-corrected chi connectivity index (χ3v) is 6.13. The number of hydrogen-bond acceptors (Lipinski definition) is 5. The van der Waals surface area contributed by atoms with Gasteiger partial charge in [0.15, 0.2) is 0 Å². The largest absolute Gasteiger partial charge is 0.378 e. The summed E-state index contributed by atoms with van der Waals surface area (Å²) in [4.78, 5) is 34.1. The Morgan fingerprint density at radius 3 is 2.56 bits per heavy atom. The van der Waals surface area contributed by atoms with Gasteiger partial charge in [-0.1, -0.05) is 18.2 Å². The first-order chi connectivity index (χ1) is 15.6. The molecule has 2 aliphatic rings. The Balaban J connectivity index is 1.28. The van der Waals surface area contributed by atoms with Crippen molar-refractivity contribution in [1.82, 2.24) is 15.2 Å². The van der Waals surface area contributed by atoms with E-state index in [1.165, 1.54) is 6.07 Å². The van der Waals surface area contributed by atoms with Crippen molar-refractivity contribution in [3.63, 3.8) is 0 Å². The standard InChI is InChI=1S/C24H29FN4O3/c25-21-6-2-1-4-18(21)7-11-27-23(30)19-8-12-29(13-9-19)24(31)20-5-3-10-26-22(20)28-14-16-32-17-15-28/h1-6,10,19H,7-9,11-17H2,(H,27,30). The summed E-state index contributed by atoms with van der Waals surface area (Å²) < 4.78 is 19.1. The predicted octanol–water partition coefficient (Wildman–Crippen LogP) is 2.27. The quantitative estimate of drug-likeness (QED) is 0.746.